The van der Waals surface area contributed by atoms with Gasteiger partial charge < -0.3 is 10.2 Å². The molecule has 1 aromatic heterocycles. The van der Waals surface area contributed by atoms with Crippen molar-refractivity contribution in [3.63, 3.8) is 0 Å². The fourth-order valence-electron chi connectivity index (χ4n) is 3.97. The molecule has 0 aromatic carbocycles. The largest absolute Gasteiger partial charge is 0.354 e. The number of nitrogens with one attached hydrogen (secondary N) is 1. The summed E-state index contributed by atoms with van der Waals surface area (Å²) < 4.78 is 1.82. The van der Waals surface area contributed by atoms with Crippen LogP contribution in [0.3, 0.4) is 0 Å². The van der Waals surface area contributed by atoms with E-state index in [1.165, 1.54) is 6.42 Å². The van der Waals surface area contributed by atoms with Crippen molar-refractivity contribution < 1.29 is 9.59 Å². The number of aromatic nitrogens is 2. The molecule has 1 N–H and O–H groups in total. The lowest BCUT2D eigenvalue weighted by Crippen LogP contribution is -2.48. The zero-order valence-corrected chi connectivity index (χ0v) is 14.5. The molecular weight excluding hydrogens is 304 g/mol. The Bertz CT molecular complexity index is 577. The van der Waals surface area contributed by atoms with Crippen LogP contribution in [-0.4, -0.2) is 45.6 Å². The molecule has 1 saturated heterocycles. The van der Waals surface area contributed by atoms with Gasteiger partial charge in [-0.15, -0.1) is 0 Å². The van der Waals surface area contributed by atoms with Crippen LogP contribution < -0.4 is 5.32 Å². The highest BCUT2D eigenvalue weighted by molar-refractivity contribution is 5.89. The molecule has 1 aromatic rings. The molecule has 132 valence electrons. The third-order valence-electron chi connectivity index (χ3n) is 5.40. The van der Waals surface area contributed by atoms with Crippen LogP contribution >= 0.6 is 0 Å². The van der Waals surface area contributed by atoms with Crippen LogP contribution in [0.2, 0.25) is 0 Å². The lowest BCUT2D eigenvalue weighted by molar-refractivity contribution is -0.142. The summed E-state index contributed by atoms with van der Waals surface area (Å²) in [5.74, 6) is 0.347. The van der Waals surface area contributed by atoms with Crippen molar-refractivity contribution in [1.82, 2.24) is 20.0 Å². The van der Waals surface area contributed by atoms with Crippen LogP contribution in [0.1, 0.15) is 50.6 Å². The first-order valence-corrected chi connectivity index (χ1v) is 9.22. The van der Waals surface area contributed by atoms with E-state index in [2.05, 4.69) is 10.4 Å². The van der Waals surface area contributed by atoms with E-state index in [0.29, 0.717) is 6.54 Å². The maximum absolute atomic E-state index is 12.8. The molecule has 0 bridgehead atoms. The van der Waals surface area contributed by atoms with Crippen LogP contribution in [-0.2, 0) is 23.1 Å². The number of nitrogens with zero attached hydrogens (tertiary/aromatic N) is 3. The molecule has 2 heterocycles. The SMILES string of the molecule is Cn1nccc1CCNC(=O)[C@H]1CCCN1C(=O)C1CCCCC1. The number of likely N-dealkylation sites (tertiary alicyclic amines) is 1. The second-order valence-electron chi connectivity index (χ2n) is 7.01. The van der Waals surface area contributed by atoms with Crippen molar-refractivity contribution in [3.05, 3.63) is 18.0 Å². The molecule has 3 rings (SSSR count). The number of rotatable bonds is 5. The van der Waals surface area contributed by atoms with Crippen LogP contribution in [0.4, 0.5) is 0 Å². The molecule has 0 unspecified atom stereocenters. The summed E-state index contributed by atoms with van der Waals surface area (Å²) in [6.07, 6.45) is 9.74. The maximum Gasteiger partial charge on any atom is 0.242 e. The third kappa shape index (κ3) is 3.79. The number of carbonyl (C=O) groups is 2. The normalized spacial score (nSPS) is 21.9. The Labute approximate surface area is 143 Å². The Balaban J connectivity index is 1.51. The molecule has 24 heavy (non-hydrogen) atoms. The molecule has 2 fully saturated rings. The van der Waals surface area contributed by atoms with Crippen LogP contribution in [0, 0.1) is 5.92 Å². The summed E-state index contributed by atoms with van der Waals surface area (Å²) in [5.41, 5.74) is 1.09. The van der Waals surface area contributed by atoms with Gasteiger partial charge in [0.2, 0.25) is 11.8 Å². The van der Waals surface area contributed by atoms with E-state index in [9.17, 15) is 9.59 Å². The lowest BCUT2D eigenvalue weighted by atomic mass is 9.88. The molecule has 1 saturated carbocycles. The highest BCUT2D eigenvalue weighted by Crippen LogP contribution is 2.28. The quantitative estimate of drug-likeness (QED) is 0.891. The van der Waals surface area contributed by atoms with Gasteiger partial charge in [0.05, 0.1) is 0 Å². The number of aryl methyl sites for hydroxylation is 1. The Hall–Kier alpha value is -1.85. The number of carbonyl (C=O) groups excluding carboxylic acids is 2. The second kappa shape index (κ2) is 7.81. The molecule has 0 spiro atoms. The van der Waals surface area contributed by atoms with Crippen molar-refractivity contribution in [1.29, 1.82) is 0 Å². The van der Waals surface area contributed by atoms with Gasteiger partial charge in [-0.3, -0.25) is 14.3 Å². The minimum absolute atomic E-state index is 0.00109. The van der Waals surface area contributed by atoms with Gasteiger partial charge in [0.25, 0.3) is 0 Å². The highest BCUT2D eigenvalue weighted by Gasteiger charge is 2.37. The minimum atomic E-state index is -0.272. The Morgan fingerprint density at radius 1 is 1.21 bits per heavy atom. The van der Waals surface area contributed by atoms with Gasteiger partial charge in [0.15, 0.2) is 0 Å². The van der Waals surface area contributed by atoms with Crippen molar-refractivity contribution in [2.75, 3.05) is 13.1 Å². The molecule has 2 amide bonds. The molecule has 0 radical (unpaired) electrons. The first kappa shape index (κ1) is 17.0. The molecule has 1 aliphatic heterocycles. The Morgan fingerprint density at radius 3 is 2.71 bits per heavy atom. The standard InChI is InChI=1S/C18H28N4O2/c1-21-15(10-12-20-21)9-11-19-17(23)16-8-5-13-22(16)18(24)14-6-3-2-4-7-14/h10,12,14,16H,2-9,11,13H2,1H3,(H,19,23)/t16-/m1/s1. The van der Waals surface area contributed by atoms with E-state index in [1.807, 2.05) is 22.7 Å². The number of hydrogen-bond donors (Lipinski definition) is 1. The van der Waals surface area contributed by atoms with Gasteiger partial charge in [-0.2, -0.15) is 5.10 Å². The van der Waals surface area contributed by atoms with E-state index in [4.69, 9.17) is 0 Å². The average Bonchev–Trinajstić information content (AvgIpc) is 3.24. The highest BCUT2D eigenvalue weighted by atomic mass is 16.2. The van der Waals surface area contributed by atoms with Crippen molar-refractivity contribution >= 4 is 11.8 Å². The zero-order valence-electron chi connectivity index (χ0n) is 14.5. The summed E-state index contributed by atoms with van der Waals surface area (Å²) in [5, 5.41) is 7.13. The summed E-state index contributed by atoms with van der Waals surface area (Å²) in [6, 6.07) is 1.69. The van der Waals surface area contributed by atoms with Crippen LogP contribution in [0.5, 0.6) is 0 Å². The fourth-order valence-corrected chi connectivity index (χ4v) is 3.97. The first-order valence-electron chi connectivity index (χ1n) is 9.22. The molecule has 1 aliphatic carbocycles. The minimum Gasteiger partial charge on any atom is -0.354 e. The fraction of sp³-hybridized carbons (Fsp3) is 0.722. The third-order valence-corrected chi connectivity index (χ3v) is 5.40. The van der Waals surface area contributed by atoms with Gasteiger partial charge in [-0.05, 0) is 31.7 Å². The van der Waals surface area contributed by atoms with E-state index in [-0.39, 0.29) is 23.8 Å². The van der Waals surface area contributed by atoms with E-state index < -0.39 is 0 Å². The van der Waals surface area contributed by atoms with Gasteiger partial charge in [-0.25, -0.2) is 0 Å². The molecule has 1 atom stereocenters. The second-order valence-corrected chi connectivity index (χ2v) is 7.01. The first-order chi connectivity index (χ1) is 11.7. The van der Waals surface area contributed by atoms with Gasteiger partial charge >= 0.3 is 0 Å². The molecular formula is C18H28N4O2. The van der Waals surface area contributed by atoms with Gasteiger partial charge in [0.1, 0.15) is 6.04 Å². The summed E-state index contributed by atoms with van der Waals surface area (Å²) >= 11 is 0. The predicted molar refractivity (Wildman–Crippen MR) is 91.2 cm³/mol. The monoisotopic (exact) mass is 332 g/mol. The lowest BCUT2D eigenvalue weighted by Gasteiger charge is -2.30. The number of amides is 2. The average molecular weight is 332 g/mol. The van der Waals surface area contributed by atoms with E-state index >= 15 is 0 Å². The summed E-state index contributed by atoms with van der Waals surface area (Å²) in [7, 11) is 1.90. The maximum atomic E-state index is 12.8. The van der Waals surface area contributed by atoms with Crippen molar-refractivity contribution in [2.24, 2.45) is 13.0 Å². The summed E-state index contributed by atoms with van der Waals surface area (Å²) in [4.78, 5) is 27.1. The molecule has 6 nitrogen and oxygen atoms in total. The van der Waals surface area contributed by atoms with Crippen molar-refractivity contribution in [2.45, 2.75) is 57.4 Å². The Morgan fingerprint density at radius 2 is 2.00 bits per heavy atom. The van der Waals surface area contributed by atoms with Gasteiger partial charge in [-0.1, -0.05) is 19.3 Å². The van der Waals surface area contributed by atoms with E-state index in [1.54, 1.807) is 6.20 Å². The molecule has 2 aliphatic rings. The van der Waals surface area contributed by atoms with Crippen molar-refractivity contribution in [3.8, 4) is 0 Å². The summed E-state index contributed by atoms with van der Waals surface area (Å²) in [6.45, 7) is 1.31. The number of hydrogen-bond acceptors (Lipinski definition) is 3. The zero-order chi connectivity index (χ0) is 16.9. The Kier molecular flexibility index (Phi) is 5.53. The smallest absolute Gasteiger partial charge is 0.242 e. The predicted octanol–water partition coefficient (Wildman–Crippen LogP) is 1.65. The van der Waals surface area contributed by atoms with E-state index in [0.717, 1.165) is 57.2 Å². The van der Waals surface area contributed by atoms with Crippen LogP contribution in [0.25, 0.3) is 0 Å². The topological polar surface area (TPSA) is 67.2 Å². The molecule has 6 heteroatoms. The van der Waals surface area contributed by atoms with Gasteiger partial charge in [0, 0.05) is 44.4 Å². The van der Waals surface area contributed by atoms with Crippen LogP contribution in [0.15, 0.2) is 12.3 Å².